The number of benzene rings is 2. The quantitative estimate of drug-likeness (QED) is 0.626. The molecule has 3 nitrogen and oxygen atoms in total. The fraction of sp³-hybridized carbons (Fsp3) is 0.167. The van der Waals surface area contributed by atoms with Crippen LogP contribution in [0.3, 0.4) is 0 Å². The first-order chi connectivity index (χ1) is 10.7. The lowest BCUT2D eigenvalue weighted by atomic mass is 9.94. The molecule has 0 saturated carbocycles. The van der Waals surface area contributed by atoms with Gasteiger partial charge < -0.3 is 9.47 Å². The third-order valence-electron chi connectivity index (χ3n) is 3.47. The van der Waals surface area contributed by atoms with Crippen LogP contribution in [0.1, 0.15) is 23.6 Å². The smallest absolute Gasteiger partial charge is 0.331 e. The molecule has 3 rings (SSSR count). The number of carbonyl (C=O) groups is 1. The van der Waals surface area contributed by atoms with Gasteiger partial charge in [0.15, 0.2) is 0 Å². The lowest BCUT2D eigenvalue weighted by Gasteiger charge is -2.10. The fourth-order valence-corrected chi connectivity index (χ4v) is 2.50. The Kier molecular flexibility index (Phi) is 3.92. The average Bonchev–Trinajstić information content (AvgIpc) is 2.65. The van der Waals surface area contributed by atoms with Crippen LogP contribution in [0.2, 0.25) is 0 Å². The highest BCUT2D eigenvalue weighted by atomic mass is 19.1. The van der Waals surface area contributed by atoms with Gasteiger partial charge in [-0.15, -0.1) is 0 Å². The number of carbonyl (C=O) groups excluding carboxylic acids is 1. The van der Waals surface area contributed by atoms with Gasteiger partial charge in [-0.2, -0.15) is 0 Å². The normalized spacial score (nSPS) is 14.5. The predicted molar refractivity (Wildman–Crippen MR) is 80.9 cm³/mol. The minimum atomic E-state index is -0.426. The summed E-state index contributed by atoms with van der Waals surface area (Å²) >= 11 is 0. The number of halogens is 1. The third kappa shape index (κ3) is 2.72. The maximum absolute atomic E-state index is 13.5. The van der Waals surface area contributed by atoms with Gasteiger partial charge in [-0.1, -0.05) is 24.3 Å². The number of hydrogen-bond acceptors (Lipinski definition) is 3. The second-order valence-corrected chi connectivity index (χ2v) is 4.90. The van der Waals surface area contributed by atoms with Crippen molar-refractivity contribution in [3.63, 3.8) is 0 Å². The molecule has 0 aliphatic carbocycles. The van der Waals surface area contributed by atoms with E-state index in [4.69, 9.17) is 9.47 Å². The van der Waals surface area contributed by atoms with E-state index in [1.54, 1.807) is 13.0 Å². The molecule has 1 aliphatic rings. The summed E-state index contributed by atoms with van der Waals surface area (Å²) < 4.78 is 24.2. The number of ether oxygens (including phenoxy) is 2. The average molecular weight is 298 g/mol. The van der Waals surface area contributed by atoms with Crippen molar-refractivity contribution < 1.29 is 18.7 Å². The number of hydrogen-bond donors (Lipinski definition) is 0. The van der Waals surface area contributed by atoms with Crippen LogP contribution in [0.4, 0.5) is 4.39 Å². The van der Waals surface area contributed by atoms with Crippen LogP contribution in [-0.2, 0) is 16.1 Å². The van der Waals surface area contributed by atoms with Gasteiger partial charge in [0.05, 0.1) is 6.61 Å². The maximum atomic E-state index is 13.5. The van der Waals surface area contributed by atoms with Crippen molar-refractivity contribution in [3.8, 4) is 5.75 Å². The number of rotatable bonds is 2. The molecule has 2 aromatic rings. The molecule has 0 aromatic heterocycles. The molecule has 1 heterocycles. The van der Waals surface area contributed by atoms with E-state index in [1.807, 2.05) is 24.3 Å². The van der Waals surface area contributed by atoms with Crippen LogP contribution < -0.4 is 4.74 Å². The Morgan fingerprint density at radius 3 is 2.91 bits per heavy atom. The van der Waals surface area contributed by atoms with Gasteiger partial charge in [-0.3, -0.25) is 0 Å². The Morgan fingerprint density at radius 2 is 2.09 bits per heavy atom. The molecule has 0 saturated heterocycles. The van der Waals surface area contributed by atoms with Gasteiger partial charge in [-0.25, -0.2) is 9.18 Å². The Bertz CT molecular complexity index is 750. The van der Waals surface area contributed by atoms with E-state index in [0.717, 1.165) is 11.1 Å². The minimum Gasteiger partial charge on any atom is -0.488 e. The van der Waals surface area contributed by atoms with Crippen molar-refractivity contribution >= 4 is 11.5 Å². The molecule has 0 radical (unpaired) electrons. The summed E-state index contributed by atoms with van der Waals surface area (Å²) in [5.41, 5.74) is 3.19. The Morgan fingerprint density at radius 1 is 1.27 bits per heavy atom. The van der Waals surface area contributed by atoms with E-state index in [0.29, 0.717) is 30.1 Å². The molecule has 0 N–H and O–H groups in total. The molecule has 0 unspecified atom stereocenters. The van der Waals surface area contributed by atoms with Crippen LogP contribution in [0, 0.1) is 5.82 Å². The lowest BCUT2D eigenvalue weighted by molar-refractivity contribution is -0.137. The summed E-state index contributed by atoms with van der Waals surface area (Å²) in [6.07, 6.45) is 1.44. The second kappa shape index (κ2) is 6.02. The minimum absolute atomic E-state index is 0.303. The second-order valence-electron chi connectivity index (χ2n) is 4.90. The zero-order valence-corrected chi connectivity index (χ0v) is 12.1. The van der Waals surface area contributed by atoms with Gasteiger partial charge >= 0.3 is 5.97 Å². The zero-order chi connectivity index (χ0) is 15.5. The summed E-state index contributed by atoms with van der Waals surface area (Å²) in [4.78, 5) is 11.9. The fourth-order valence-electron chi connectivity index (χ4n) is 2.50. The van der Waals surface area contributed by atoms with Crippen molar-refractivity contribution in [2.75, 3.05) is 6.61 Å². The van der Waals surface area contributed by atoms with Crippen molar-refractivity contribution in [1.82, 2.24) is 0 Å². The topological polar surface area (TPSA) is 35.5 Å². The summed E-state index contributed by atoms with van der Waals surface area (Å²) in [5.74, 6) is -0.378. The number of esters is 1. The van der Waals surface area contributed by atoms with Gasteiger partial charge in [0.25, 0.3) is 0 Å². The standard InChI is InChI=1S/C18H15FO3/c1-2-21-18(20)10-16-14-6-4-3-5-12(14)11-22-17-9-13(19)7-8-15(16)17/h3-10H,2,11H2,1H3/b16-10-. The lowest BCUT2D eigenvalue weighted by Crippen LogP contribution is -2.02. The molecular weight excluding hydrogens is 283 g/mol. The summed E-state index contributed by atoms with van der Waals surface area (Å²) in [6.45, 7) is 2.38. The van der Waals surface area contributed by atoms with Gasteiger partial charge in [0, 0.05) is 23.3 Å². The van der Waals surface area contributed by atoms with Crippen LogP contribution in [-0.4, -0.2) is 12.6 Å². The molecule has 0 bridgehead atoms. The molecule has 1 aliphatic heterocycles. The van der Waals surface area contributed by atoms with E-state index in [2.05, 4.69) is 0 Å². The van der Waals surface area contributed by atoms with Crippen molar-refractivity contribution in [2.24, 2.45) is 0 Å². The van der Waals surface area contributed by atoms with E-state index >= 15 is 0 Å². The highest BCUT2D eigenvalue weighted by molar-refractivity contribution is 5.98. The first kappa shape index (κ1) is 14.3. The van der Waals surface area contributed by atoms with Gasteiger partial charge in [0.2, 0.25) is 0 Å². The molecule has 0 atom stereocenters. The molecule has 22 heavy (non-hydrogen) atoms. The van der Waals surface area contributed by atoms with E-state index < -0.39 is 5.97 Å². The predicted octanol–water partition coefficient (Wildman–Crippen LogP) is 3.71. The number of fused-ring (bicyclic) bond motifs is 2. The SMILES string of the molecule is CCOC(=O)/C=C1/c2ccccc2COc2cc(F)ccc21. The van der Waals surface area contributed by atoms with E-state index in [1.165, 1.54) is 18.2 Å². The first-order valence-electron chi connectivity index (χ1n) is 7.08. The van der Waals surface area contributed by atoms with Crippen molar-refractivity contribution in [2.45, 2.75) is 13.5 Å². The summed E-state index contributed by atoms with van der Waals surface area (Å²) in [6, 6.07) is 12.0. The highest BCUT2D eigenvalue weighted by Crippen LogP contribution is 2.37. The third-order valence-corrected chi connectivity index (χ3v) is 3.47. The van der Waals surface area contributed by atoms with Crippen LogP contribution in [0.5, 0.6) is 5.75 Å². The van der Waals surface area contributed by atoms with Crippen molar-refractivity contribution in [1.29, 1.82) is 0 Å². The molecular formula is C18H15FO3. The van der Waals surface area contributed by atoms with Gasteiger partial charge in [0.1, 0.15) is 18.2 Å². The molecule has 112 valence electrons. The molecule has 0 amide bonds. The summed E-state index contributed by atoms with van der Waals surface area (Å²) in [5, 5.41) is 0. The molecule has 2 aromatic carbocycles. The molecule has 0 fully saturated rings. The molecule has 0 spiro atoms. The zero-order valence-electron chi connectivity index (χ0n) is 12.1. The van der Waals surface area contributed by atoms with Crippen LogP contribution in [0.25, 0.3) is 5.57 Å². The van der Waals surface area contributed by atoms with Gasteiger partial charge in [-0.05, 0) is 30.2 Å². The van der Waals surface area contributed by atoms with Crippen LogP contribution >= 0.6 is 0 Å². The monoisotopic (exact) mass is 298 g/mol. The maximum Gasteiger partial charge on any atom is 0.331 e. The van der Waals surface area contributed by atoms with E-state index in [-0.39, 0.29) is 5.82 Å². The van der Waals surface area contributed by atoms with Crippen LogP contribution in [0.15, 0.2) is 48.5 Å². The highest BCUT2D eigenvalue weighted by Gasteiger charge is 2.20. The Balaban J connectivity index is 2.19. The largest absolute Gasteiger partial charge is 0.488 e. The molecule has 4 heteroatoms. The Labute approximate surface area is 128 Å². The summed E-state index contributed by atoms with van der Waals surface area (Å²) in [7, 11) is 0. The van der Waals surface area contributed by atoms with Crippen molar-refractivity contribution in [3.05, 3.63) is 71.0 Å². The first-order valence-corrected chi connectivity index (χ1v) is 7.08. The van der Waals surface area contributed by atoms with E-state index in [9.17, 15) is 9.18 Å². The Hall–Kier alpha value is -2.62.